The lowest BCUT2D eigenvalue weighted by atomic mass is 10.3. The van der Waals surface area contributed by atoms with Crippen molar-refractivity contribution >= 4 is 11.8 Å². The van der Waals surface area contributed by atoms with Crippen LogP contribution >= 0.6 is 11.8 Å². The third-order valence-electron chi connectivity index (χ3n) is 3.28. The molecule has 2 aromatic heterocycles. The van der Waals surface area contributed by atoms with E-state index in [4.69, 9.17) is 0 Å². The zero-order valence-electron chi connectivity index (χ0n) is 10.6. The van der Waals surface area contributed by atoms with Gasteiger partial charge in [0.15, 0.2) is 11.6 Å². The van der Waals surface area contributed by atoms with E-state index in [0.717, 1.165) is 25.7 Å². The second-order valence-corrected chi connectivity index (χ2v) is 5.57. The van der Waals surface area contributed by atoms with Gasteiger partial charge in [-0.1, -0.05) is 12.8 Å². The molecule has 0 spiro atoms. The van der Waals surface area contributed by atoms with Crippen molar-refractivity contribution in [1.29, 1.82) is 0 Å². The zero-order chi connectivity index (χ0) is 15.0. The van der Waals surface area contributed by atoms with Crippen LogP contribution in [0.15, 0.2) is 10.1 Å². The number of halogens is 4. The van der Waals surface area contributed by atoms with Crippen molar-refractivity contribution in [1.82, 2.24) is 25.2 Å². The molecule has 112 valence electrons. The monoisotopic (exact) mass is 319 g/mol. The van der Waals surface area contributed by atoms with Crippen LogP contribution in [0.25, 0.3) is 0 Å². The Labute approximate surface area is 120 Å². The van der Waals surface area contributed by atoms with Gasteiger partial charge in [-0.25, -0.2) is 13.5 Å². The highest BCUT2D eigenvalue weighted by Gasteiger charge is 2.26. The first-order chi connectivity index (χ1) is 10.1. The molecule has 0 amide bonds. The van der Waals surface area contributed by atoms with Crippen LogP contribution in [0.1, 0.15) is 31.7 Å². The topological polar surface area (TPSA) is 56.5 Å². The van der Waals surface area contributed by atoms with Crippen molar-refractivity contribution in [2.24, 2.45) is 0 Å². The Kier molecular flexibility index (Phi) is 3.79. The fourth-order valence-corrected chi connectivity index (χ4v) is 3.17. The molecule has 2 aromatic rings. The van der Waals surface area contributed by atoms with Crippen LogP contribution in [0, 0.1) is 23.5 Å². The maximum Gasteiger partial charge on any atom is 0.252 e. The van der Waals surface area contributed by atoms with Gasteiger partial charge in [-0.2, -0.15) is 13.8 Å². The minimum absolute atomic E-state index is 0.0325. The lowest BCUT2D eigenvalue weighted by Gasteiger charge is -2.11. The van der Waals surface area contributed by atoms with Crippen LogP contribution in [-0.4, -0.2) is 25.2 Å². The average molecular weight is 319 g/mol. The molecular weight excluding hydrogens is 310 g/mol. The lowest BCUT2D eigenvalue weighted by Crippen LogP contribution is -2.09. The normalized spacial score (nSPS) is 15.8. The third kappa shape index (κ3) is 2.59. The predicted molar refractivity (Wildman–Crippen MR) is 63.5 cm³/mol. The summed E-state index contributed by atoms with van der Waals surface area (Å²) in [6.45, 7) is 0. The van der Waals surface area contributed by atoms with Crippen molar-refractivity contribution in [2.45, 2.75) is 41.8 Å². The molecule has 0 bridgehead atoms. The Hall–Kier alpha value is -1.71. The number of tetrazole rings is 1. The lowest BCUT2D eigenvalue weighted by molar-refractivity contribution is 0.382. The van der Waals surface area contributed by atoms with Crippen LogP contribution in [0.2, 0.25) is 0 Å². The third-order valence-corrected chi connectivity index (χ3v) is 4.30. The highest BCUT2D eigenvalue weighted by molar-refractivity contribution is 7.99. The average Bonchev–Trinajstić information content (AvgIpc) is 3.11. The second-order valence-electron chi connectivity index (χ2n) is 4.60. The van der Waals surface area contributed by atoms with Crippen molar-refractivity contribution < 1.29 is 17.6 Å². The highest BCUT2D eigenvalue weighted by atomic mass is 32.2. The van der Waals surface area contributed by atoms with Gasteiger partial charge in [0, 0.05) is 0 Å². The first-order valence-electron chi connectivity index (χ1n) is 6.23. The van der Waals surface area contributed by atoms with E-state index in [9.17, 15) is 17.6 Å². The Morgan fingerprint density at radius 1 is 1.00 bits per heavy atom. The Balaban J connectivity index is 1.96. The molecule has 2 heterocycles. The van der Waals surface area contributed by atoms with Crippen LogP contribution in [0.4, 0.5) is 17.6 Å². The van der Waals surface area contributed by atoms with E-state index in [2.05, 4.69) is 20.5 Å². The summed E-state index contributed by atoms with van der Waals surface area (Å²) in [5, 5.41) is 11.0. The Morgan fingerprint density at radius 2 is 1.62 bits per heavy atom. The first kappa shape index (κ1) is 14.2. The molecule has 0 aliphatic heterocycles. The minimum atomic E-state index is -1.70. The molecule has 0 N–H and O–H groups in total. The SMILES string of the molecule is Fc1nc(F)c(F)c(Sc2nnnn2C2CCCC2)c1F. The number of hydrogen-bond donors (Lipinski definition) is 0. The summed E-state index contributed by atoms with van der Waals surface area (Å²) in [5.41, 5.74) is 0. The molecule has 10 heteroatoms. The van der Waals surface area contributed by atoms with Gasteiger partial charge in [0.25, 0.3) is 11.9 Å². The van der Waals surface area contributed by atoms with Gasteiger partial charge in [0.2, 0.25) is 5.16 Å². The largest absolute Gasteiger partial charge is 0.252 e. The van der Waals surface area contributed by atoms with Gasteiger partial charge in [-0.05, 0) is 35.0 Å². The number of rotatable bonds is 3. The van der Waals surface area contributed by atoms with Crippen molar-refractivity contribution in [2.75, 3.05) is 0 Å². The van der Waals surface area contributed by atoms with E-state index < -0.39 is 28.4 Å². The molecule has 0 unspecified atom stereocenters. The van der Waals surface area contributed by atoms with Crippen molar-refractivity contribution in [3.8, 4) is 0 Å². The molecular formula is C11H9F4N5S. The number of pyridine rings is 1. The predicted octanol–water partition coefficient (Wildman–Crippen LogP) is 2.89. The summed E-state index contributed by atoms with van der Waals surface area (Å²) >= 11 is 0.446. The van der Waals surface area contributed by atoms with Gasteiger partial charge in [0.1, 0.15) is 0 Å². The van der Waals surface area contributed by atoms with Crippen LogP contribution in [0.3, 0.4) is 0 Å². The number of hydrogen-bond acceptors (Lipinski definition) is 5. The molecule has 5 nitrogen and oxygen atoms in total. The fraction of sp³-hybridized carbons (Fsp3) is 0.455. The van der Waals surface area contributed by atoms with Gasteiger partial charge >= 0.3 is 0 Å². The summed E-state index contributed by atoms with van der Waals surface area (Å²) < 4.78 is 54.8. The van der Waals surface area contributed by atoms with Gasteiger partial charge < -0.3 is 0 Å². The van der Waals surface area contributed by atoms with Gasteiger partial charge in [0.05, 0.1) is 10.9 Å². The summed E-state index contributed by atoms with van der Waals surface area (Å²) in [6, 6.07) is 0.0325. The zero-order valence-corrected chi connectivity index (χ0v) is 11.4. The maximum atomic E-state index is 13.6. The van der Waals surface area contributed by atoms with Gasteiger partial charge in [-0.15, -0.1) is 5.10 Å². The summed E-state index contributed by atoms with van der Waals surface area (Å²) in [6.07, 6.45) is 3.72. The molecule has 3 rings (SSSR count). The number of aromatic nitrogens is 5. The summed E-state index contributed by atoms with van der Waals surface area (Å²) in [5.74, 6) is -6.51. The smallest absolute Gasteiger partial charge is 0.217 e. The second kappa shape index (κ2) is 5.58. The molecule has 0 radical (unpaired) electrons. The maximum absolute atomic E-state index is 13.6. The van der Waals surface area contributed by atoms with Crippen LogP contribution in [0.5, 0.6) is 0 Å². The standard InChI is InChI=1S/C11H9F4N5S/c12-6-8(7(13)10(15)16-9(6)14)21-11-17-18-19-20(11)5-3-1-2-4-5/h5H,1-4H2. The molecule has 1 aliphatic carbocycles. The van der Waals surface area contributed by atoms with Crippen molar-refractivity contribution in [3.63, 3.8) is 0 Å². The van der Waals surface area contributed by atoms with E-state index in [0.29, 0.717) is 11.8 Å². The number of nitrogens with zero attached hydrogens (tertiary/aromatic N) is 5. The van der Waals surface area contributed by atoms with E-state index in [1.54, 1.807) is 0 Å². The first-order valence-corrected chi connectivity index (χ1v) is 7.05. The van der Waals surface area contributed by atoms with Crippen LogP contribution < -0.4 is 0 Å². The van der Waals surface area contributed by atoms with E-state index in [1.165, 1.54) is 4.68 Å². The minimum Gasteiger partial charge on any atom is -0.217 e. The quantitative estimate of drug-likeness (QED) is 0.643. The van der Waals surface area contributed by atoms with E-state index in [-0.39, 0.29) is 11.2 Å². The van der Waals surface area contributed by atoms with E-state index >= 15 is 0 Å². The summed E-state index contributed by atoms with van der Waals surface area (Å²) in [4.78, 5) is 1.67. The molecule has 1 aliphatic rings. The molecule has 0 atom stereocenters. The summed E-state index contributed by atoms with van der Waals surface area (Å²) in [7, 11) is 0. The molecule has 1 fully saturated rings. The highest BCUT2D eigenvalue weighted by Crippen LogP contribution is 2.36. The Morgan fingerprint density at radius 3 is 2.24 bits per heavy atom. The van der Waals surface area contributed by atoms with Gasteiger partial charge in [-0.3, -0.25) is 0 Å². The molecule has 1 saturated carbocycles. The van der Waals surface area contributed by atoms with Crippen molar-refractivity contribution in [3.05, 3.63) is 23.5 Å². The Bertz CT molecular complexity index is 645. The van der Waals surface area contributed by atoms with Crippen LogP contribution in [-0.2, 0) is 0 Å². The fourth-order valence-electron chi connectivity index (χ4n) is 2.28. The molecule has 0 aromatic carbocycles. The molecule has 0 saturated heterocycles. The van der Waals surface area contributed by atoms with E-state index in [1.807, 2.05) is 0 Å². The molecule has 21 heavy (non-hydrogen) atoms.